The lowest BCUT2D eigenvalue weighted by Crippen LogP contribution is -2.16. The quantitative estimate of drug-likeness (QED) is 0.914. The lowest BCUT2D eigenvalue weighted by molar-refractivity contribution is -0.116. The van der Waals surface area contributed by atoms with Crippen LogP contribution in [0.25, 0.3) is 0 Å². The molecule has 0 saturated heterocycles. The maximum absolute atomic E-state index is 11.9. The van der Waals surface area contributed by atoms with Gasteiger partial charge in [-0.1, -0.05) is 6.07 Å². The van der Waals surface area contributed by atoms with Gasteiger partial charge in [-0.3, -0.25) is 9.48 Å². The summed E-state index contributed by atoms with van der Waals surface area (Å²) in [6.45, 7) is 6.43. The molecule has 2 aromatic heterocycles. The van der Waals surface area contributed by atoms with E-state index in [1.54, 1.807) is 6.20 Å². The second-order valence-electron chi connectivity index (χ2n) is 4.62. The summed E-state index contributed by atoms with van der Waals surface area (Å²) in [5.74, 6) is 0.579. The molecule has 5 heteroatoms. The fraction of sp³-hybridized carbons (Fsp3) is 0.357. The van der Waals surface area contributed by atoms with Gasteiger partial charge in [0.05, 0.1) is 5.69 Å². The van der Waals surface area contributed by atoms with Crippen LogP contribution in [-0.4, -0.2) is 20.7 Å². The highest BCUT2D eigenvalue weighted by atomic mass is 16.1. The summed E-state index contributed by atoms with van der Waals surface area (Å²) in [6, 6.07) is 5.77. The Morgan fingerprint density at radius 2 is 2.16 bits per heavy atom. The number of anilines is 1. The zero-order valence-electron chi connectivity index (χ0n) is 11.5. The highest BCUT2D eigenvalue weighted by Crippen LogP contribution is 2.10. The first-order chi connectivity index (χ1) is 9.06. The Bertz CT molecular complexity index is 589. The SMILES string of the molecule is Cc1cc(C)n(CCC(=O)Nc2ncccc2C)n1. The van der Waals surface area contributed by atoms with Crippen LogP contribution in [0, 0.1) is 20.8 Å². The minimum atomic E-state index is -0.0469. The topological polar surface area (TPSA) is 59.8 Å². The number of amides is 1. The fourth-order valence-electron chi connectivity index (χ4n) is 1.92. The first kappa shape index (κ1) is 13.3. The van der Waals surface area contributed by atoms with E-state index in [0.29, 0.717) is 18.8 Å². The molecular weight excluding hydrogens is 240 g/mol. The van der Waals surface area contributed by atoms with Crippen LogP contribution in [0.3, 0.4) is 0 Å². The molecule has 100 valence electrons. The molecule has 0 aromatic carbocycles. The third kappa shape index (κ3) is 3.40. The van der Waals surface area contributed by atoms with Crippen molar-refractivity contribution in [3.8, 4) is 0 Å². The molecule has 19 heavy (non-hydrogen) atoms. The van der Waals surface area contributed by atoms with Crippen LogP contribution in [0.5, 0.6) is 0 Å². The Morgan fingerprint density at radius 1 is 1.37 bits per heavy atom. The van der Waals surface area contributed by atoms with Crippen molar-refractivity contribution >= 4 is 11.7 Å². The number of carbonyl (C=O) groups is 1. The Balaban J connectivity index is 1.92. The predicted octanol–water partition coefficient (Wildman–Crippen LogP) is 2.23. The van der Waals surface area contributed by atoms with Crippen LogP contribution in [0.15, 0.2) is 24.4 Å². The number of nitrogens with zero attached hydrogens (tertiary/aromatic N) is 3. The predicted molar refractivity (Wildman–Crippen MR) is 73.9 cm³/mol. The third-order valence-corrected chi connectivity index (χ3v) is 2.92. The first-order valence-electron chi connectivity index (χ1n) is 6.29. The van der Waals surface area contributed by atoms with E-state index >= 15 is 0 Å². The van der Waals surface area contributed by atoms with E-state index < -0.39 is 0 Å². The highest BCUT2D eigenvalue weighted by molar-refractivity contribution is 5.90. The molecule has 1 amide bonds. The van der Waals surface area contributed by atoms with Gasteiger partial charge in [0.2, 0.25) is 5.91 Å². The number of pyridine rings is 1. The Kier molecular flexibility index (Phi) is 3.94. The molecule has 0 unspecified atom stereocenters. The maximum Gasteiger partial charge on any atom is 0.227 e. The van der Waals surface area contributed by atoms with Crippen LogP contribution in [0.4, 0.5) is 5.82 Å². The molecule has 1 N–H and O–H groups in total. The van der Waals surface area contributed by atoms with Gasteiger partial charge in [-0.05, 0) is 38.5 Å². The molecular formula is C14H18N4O. The molecule has 0 aliphatic carbocycles. The lowest BCUT2D eigenvalue weighted by Gasteiger charge is -2.07. The van der Waals surface area contributed by atoms with E-state index in [1.807, 2.05) is 43.7 Å². The molecule has 0 aliphatic rings. The molecule has 5 nitrogen and oxygen atoms in total. The smallest absolute Gasteiger partial charge is 0.227 e. The van der Waals surface area contributed by atoms with Crippen LogP contribution >= 0.6 is 0 Å². The minimum Gasteiger partial charge on any atom is -0.310 e. The van der Waals surface area contributed by atoms with Crippen molar-refractivity contribution in [1.29, 1.82) is 0 Å². The summed E-state index contributed by atoms with van der Waals surface area (Å²) in [5, 5.41) is 7.14. The van der Waals surface area contributed by atoms with Crippen LogP contribution in [-0.2, 0) is 11.3 Å². The zero-order valence-corrected chi connectivity index (χ0v) is 11.5. The molecule has 0 bridgehead atoms. The Labute approximate surface area is 112 Å². The van der Waals surface area contributed by atoms with Crippen molar-refractivity contribution in [2.45, 2.75) is 33.7 Å². The molecule has 0 radical (unpaired) electrons. The number of hydrogen-bond acceptors (Lipinski definition) is 3. The van der Waals surface area contributed by atoms with Crippen molar-refractivity contribution in [2.75, 3.05) is 5.32 Å². The standard InChI is InChI=1S/C14H18N4O/c1-10-5-4-7-15-14(10)16-13(19)6-8-18-12(3)9-11(2)17-18/h4-5,7,9H,6,8H2,1-3H3,(H,15,16,19). The lowest BCUT2D eigenvalue weighted by atomic mass is 10.3. The Hall–Kier alpha value is -2.17. The van der Waals surface area contributed by atoms with Crippen molar-refractivity contribution in [1.82, 2.24) is 14.8 Å². The van der Waals surface area contributed by atoms with Gasteiger partial charge in [0.25, 0.3) is 0 Å². The average molecular weight is 258 g/mol. The minimum absolute atomic E-state index is 0.0469. The first-order valence-corrected chi connectivity index (χ1v) is 6.29. The maximum atomic E-state index is 11.9. The monoisotopic (exact) mass is 258 g/mol. The van der Waals surface area contributed by atoms with E-state index in [9.17, 15) is 4.79 Å². The van der Waals surface area contributed by atoms with E-state index in [0.717, 1.165) is 17.0 Å². The number of hydrogen-bond donors (Lipinski definition) is 1. The van der Waals surface area contributed by atoms with Crippen LogP contribution in [0.2, 0.25) is 0 Å². The van der Waals surface area contributed by atoms with Crippen molar-refractivity contribution in [3.63, 3.8) is 0 Å². The second-order valence-corrected chi connectivity index (χ2v) is 4.62. The van der Waals surface area contributed by atoms with Crippen LogP contribution in [0.1, 0.15) is 23.4 Å². The molecule has 0 saturated carbocycles. The summed E-state index contributed by atoms with van der Waals surface area (Å²) in [6.07, 6.45) is 2.06. The van der Waals surface area contributed by atoms with Gasteiger partial charge in [-0.25, -0.2) is 4.98 Å². The number of aromatic nitrogens is 3. The second kappa shape index (κ2) is 5.65. The van der Waals surface area contributed by atoms with Crippen molar-refractivity contribution < 1.29 is 4.79 Å². The van der Waals surface area contributed by atoms with Gasteiger partial charge in [0, 0.05) is 24.9 Å². The van der Waals surface area contributed by atoms with E-state index in [1.165, 1.54) is 0 Å². The molecule has 2 heterocycles. The van der Waals surface area contributed by atoms with Gasteiger partial charge in [-0.15, -0.1) is 0 Å². The van der Waals surface area contributed by atoms with E-state index in [2.05, 4.69) is 15.4 Å². The summed E-state index contributed by atoms with van der Waals surface area (Å²) in [7, 11) is 0. The van der Waals surface area contributed by atoms with Crippen LogP contribution < -0.4 is 5.32 Å². The van der Waals surface area contributed by atoms with Gasteiger partial charge < -0.3 is 5.32 Å². The fourth-order valence-corrected chi connectivity index (χ4v) is 1.92. The van der Waals surface area contributed by atoms with Gasteiger partial charge >= 0.3 is 0 Å². The van der Waals surface area contributed by atoms with Gasteiger partial charge in [-0.2, -0.15) is 5.10 Å². The molecule has 0 fully saturated rings. The molecule has 0 aliphatic heterocycles. The van der Waals surface area contributed by atoms with Crippen molar-refractivity contribution in [3.05, 3.63) is 41.3 Å². The molecule has 0 atom stereocenters. The summed E-state index contributed by atoms with van der Waals surface area (Å²) in [5.41, 5.74) is 3.00. The number of aryl methyl sites for hydroxylation is 4. The number of carbonyl (C=O) groups excluding carboxylic acids is 1. The normalized spacial score (nSPS) is 10.5. The summed E-state index contributed by atoms with van der Waals surface area (Å²) < 4.78 is 1.85. The van der Waals surface area contributed by atoms with Gasteiger partial charge in [0.1, 0.15) is 5.82 Å². The molecule has 2 aromatic rings. The summed E-state index contributed by atoms with van der Waals surface area (Å²) in [4.78, 5) is 16.0. The average Bonchev–Trinajstić information content (AvgIpc) is 2.68. The number of nitrogens with one attached hydrogen (secondary N) is 1. The van der Waals surface area contributed by atoms with E-state index in [4.69, 9.17) is 0 Å². The molecule has 0 spiro atoms. The largest absolute Gasteiger partial charge is 0.310 e. The summed E-state index contributed by atoms with van der Waals surface area (Å²) >= 11 is 0. The third-order valence-electron chi connectivity index (χ3n) is 2.92. The zero-order chi connectivity index (χ0) is 13.8. The van der Waals surface area contributed by atoms with E-state index in [-0.39, 0.29) is 5.91 Å². The number of rotatable bonds is 4. The Morgan fingerprint density at radius 3 is 2.79 bits per heavy atom. The molecule has 2 rings (SSSR count). The van der Waals surface area contributed by atoms with Crippen molar-refractivity contribution in [2.24, 2.45) is 0 Å². The van der Waals surface area contributed by atoms with Gasteiger partial charge in [0.15, 0.2) is 0 Å². The highest BCUT2D eigenvalue weighted by Gasteiger charge is 2.07.